The first kappa shape index (κ1) is 29.4. The van der Waals surface area contributed by atoms with Crippen LogP contribution in [-0.2, 0) is 13.0 Å². The molecule has 4 aromatic rings. The number of fused-ring (bicyclic) bond motifs is 1. The van der Waals surface area contributed by atoms with Crippen molar-refractivity contribution >= 4 is 34.7 Å². The number of piperazine rings is 1. The van der Waals surface area contributed by atoms with E-state index in [1.165, 1.54) is 6.07 Å². The van der Waals surface area contributed by atoms with Crippen LogP contribution < -0.4 is 19.9 Å². The highest BCUT2D eigenvalue weighted by atomic mass is 35.5. The van der Waals surface area contributed by atoms with Crippen molar-refractivity contribution in [2.45, 2.75) is 39.2 Å². The summed E-state index contributed by atoms with van der Waals surface area (Å²) in [6, 6.07) is 8.40. The summed E-state index contributed by atoms with van der Waals surface area (Å²) >= 11 is 6.11. The Kier molecular flexibility index (Phi) is 8.13. The van der Waals surface area contributed by atoms with Gasteiger partial charge in [0.25, 0.3) is 5.91 Å². The maximum absolute atomic E-state index is 15.2. The van der Waals surface area contributed by atoms with E-state index in [0.29, 0.717) is 58.9 Å². The summed E-state index contributed by atoms with van der Waals surface area (Å²) < 4.78 is 72.5. The first-order chi connectivity index (χ1) is 19.9. The zero-order valence-electron chi connectivity index (χ0n) is 22.6. The van der Waals surface area contributed by atoms with Gasteiger partial charge in [-0.3, -0.25) is 9.20 Å². The van der Waals surface area contributed by atoms with E-state index >= 15 is 4.39 Å². The first-order valence-electron chi connectivity index (χ1n) is 13.1. The Hall–Kier alpha value is -4.13. The van der Waals surface area contributed by atoms with Gasteiger partial charge in [-0.25, -0.2) is 18.7 Å². The standard InChI is InChI=1S/C28H26ClF5N6O2/c1-3-22-25(40-15-18(29)5-7-24(40)37-22)27(41)36-12-17-4-6-23(20(30)10-17)38-8-9-39(16(2)14-38)26-21(31)11-19(13-35-26)42-28(32,33)34/h4-7,10-11,13,15-16H,3,8-9,12,14H2,1-2H3,(H,36,41)/t16-/m0/s1. The predicted octanol–water partition coefficient (Wildman–Crippen LogP) is 5.77. The summed E-state index contributed by atoms with van der Waals surface area (Å²) in [4.78, 5) is 24.8. The van der Waals surface area contributed by atoms with Crippen molar-refractivity contribution in [3.05, 3.63) is 82.4 Å². The van der Waals surface area contributed by atoms with Gasteiger partial charge in [-0.1, -0.05) is 24.6 Å². The summed E-state index contributed by atoms with van der Waals surface area (Å²) in [5, 5.41) is 3.28. The van der Waals surface area contributed by atoms with Crippen LogP contribution in [0.2, 0.25) is 5.02 Å². The van der Waals surface area contributed by atoms with Gasteiger partial charge in [-0.15, -0.1) is 13.2 Å². The quantitative estimate of drug-likeness (QED) is 0.269. The molecule has 1 atom stereocenters. The van der Waals surface area contributed by atoms with E-state index in [1.807, 2.05) is 6.92 Å². The Balaban J connectivity index is 1.24. The fourth-order valence-corrected chi connectivity index (χ4v) is 5.20. The van der Waals surface area contributed by atoms with Gasteiger partial charge < -0.3 is 19.9 Å². The Bertz CT molecular complexity index is 1630. The van der Waals surface area contributed by atoms with Crippen LogP contribution in [0.1, 0.15) is 35.6 Å². The maximum atomic E-state index is 15.2. The fourth-order valence-electron chi connectivity index (χ4n) is 5.04. The molecule has 0 bridgehead atoms. The third-order valence-corrected chi connectivity index (χ3v) is 7.16. The second-order valence-corrected chi connectivity index (χ2v) is 10.3. The number of benzene rings is 1. The molecule has 1 aliphatic heterocycles. The smallest absolute Gasteiger partial charge is 0.404 e. The van der Waals surface area contributed by atoms with E-state index in [0.717, 1.165) is 6.20 Å². The SMILES string of the molecule is CCc1nc2ccc(Cl)cn2c1C(=O)NCc1ccc(N2CCN(c3ncc(OC(F)(F)F)cc3F)[C@@H](C)C2)c(F)c1. The van der Waals surface area contributed by atoms with Crippen LogP contribution in [0.25, 0.3) is 5.65 Å². The molecule has 5 rings (SSSR count). The first-order valence-corrected chi connectivity index (χ1v) is 13.5. The average molecular weight is 609 g/mol. The lowest BCUT2D eigenvalue weighted by Crippen LogP contribution is -2.53. The lowest BCUT2D eigenvalue weighted by atomic mass is 10.1. The maximum Gasteiger partial charge on any atom is 0.573 e. The second kappa shape index (κ2) is 11.6. The number of carbonyl (C=O) groups excluding carboxylic acids is 1. The molecule has 1 saturated heterocycles. The third-order valence-electron chi connectivity index (χ3n) is 6.94. The van der Waals surface area contributed by atoms with Gasteiger partial charge >= 0.3 is 6.36 Å². The number of pyridine rings is 2. The number of carbonyl (C=O) groups is 1. The summed E-state index contributed by atoms with van der Waals surface area (Å²) in [5.41, 5.74) is 2.46. The van der Waals surface area contributed by atoms with Crippen LogP contribution in [0.3, 0.4) is 0 Å². The summed E-state index contributed by atoms with van der Waals surface area (Å²) in [5.74, 6) is -2.66. The van der Waals surface area contributed by atoms with E-state index in [-0.39, 0.29) is 30.9 Å². The van der Waals surface area contributed by atoms with E-state index < -0.39 is 23.7 Å². The molecular weight excluding hydrogens is 583 g/mol. The zero-order valence-corrected chi connectivity index (χ0v) is 23.3. The van der Waals surface area contributed by atoms with Crippen LogP contribution in [0, 0.1) is 11.6 Å². The Morgan fingerprint density at radius 3 is 2.60 bits per heavy atom. The Labute approximate surface area is 242 Å². The van der Waals surface area contributed by atoms with Crippen molar-refractivity contribution in [1.29, 1.82) is 0 Å². The lowest BCUT2D eigenvalue weighted by molar-refractivity contribution is -0.274. The van der Waals surface area contributed by atoms with Crippen molar-refractivity contribution in [3.63, 3.8) is 0 Å². The minimum Gasteiger partial charge on any atom is -0.404 e. The van der Waals surface area contributed by atoms with Crippen molar-refractivity contribution < 1.29 is 31.5 Å². The molecule has 1 aliphatic rings. The van der Waals surface area contributed by atoms with Crippen LogP contribution in [0.5, 0.6) is 5.75 Å². The fraction of sp³-hybridized carbons (Fsp3) is 0.321. The van der Waals surface area contributed by atoms with Crippen LogP contribution >= 0.6 is 11.6 Å². The molecule has 3 aromatic heterocycles. The summed E-state index contributed by atoms with van der Waals surface area (Å²) in [6.45, 7) is 4.64. The van der Waals surface area contributed by atoms with Crippen molar-refractivity contribution in [1.82, 2.24) is 19.7 Å². The number of halogens is 6. The number of anilines is 2. The molecule has 0 unspecified atom stereocenters. The van der Waals surface area contributed by atoms with Gasteiger partial charge in [-0.05, 0) is 43.2 Å². The number of aromatic nitrogens is 3. The second-order valence-electron chi connectivity index (χ2n) is 9.82. The van der Waals surface area contributed by atoms with E-state index in [2.05, 4.69) is 20.0 Å². The largest absolute Gasteiger partial charge is 0.573 e. The molecule has 14 heteroatoms. The number of amides is 1. The zero-order chi connectivity index (χ0) is 30.2. The lowest BCUT2D eigenvalue weighted by Gasteiger charge is -2.41. The highest BCUT2D eigenvalue weighted by Crippen LogP contribution is 2.30. The number of nitrogens with zero attached hydrogens (tertiary/aromatic N) is 5. The van der Waals surface area contributed by atoms with Crippen molar-refractivity contribution in [3.8, 4) is 5.75 Å². The number of imidazole rings is 1. The topological polar surface area (TPSA) is 75.0 Å². The molecule has 0 saturated carbocycles. The number of rotatable bonds is 7. The molecular formula is C28H26ClF5N6O2. The molecule has 0 spiro atoms. The van der Waals surface area contributed by atoms with Gasteiger partial charge in [0.05, 0.1) is 22.6 Å². The van der Waals surface area contributed by atoms with Crippen LogP contribution in [0.15, 0.2) is 48.8 Å². The molecule has 222 valence electrons. The third kappa shape index (κ3) is 6.20. The van der Waals surface area contributed by atoms with E-state index in [1.54, 1.807) is 51.6 Å². The van der Waals surface area contributed by atoms with Crippen LogP contribution in [-0.4, -0.2) is 52.3 Å². The highest BCUT2D eigenvalue weighted by molar-refractivity contribution is 6.30. The number of hydrogen-bond acceptors (Lipinski definition) is 6. The summed E-state index contributed by atoms with van der Waals surface area (Å²) in [7, 11) is 0. The van der Waals surface area contributed by atoms with Gasteiger partial charge in [0.2, 0.25) is 0 Å². The molecule has 8 nitrogen and oxygen atoms in total. The number of hydrogen-bond donors (Lipinski definition) is 1. The van der Waals surface area contributed by atoms with Gasteiger partial charge in [0.1, 0.15) is 17.2 Å². The van der Waals surface area contributed by atoms with Crippen molar-refractivity contribution in [2.75, 3.05) is 29.4 Å². The molecule has 0 radical (unpaired) electrons. The van der Waals surface area contributed by atoms with Crippen LogP contribution in [0.4, 0.5) is 33.5 Å². The normalized spacial score (nSPS) is 15.8. The minimum absolute atomic E-state index is 0.0795. The van der Waals surface area contributed by atoms with Gasteiger partial charge in [0, 0.05) is 44.5 Å². The molecule has 1 amide bonds. The Morgan fingerprint density at radius 1 is 1.14 bits per heavy atom. The summed E-state index contributed by atoms with van der Waals surface area (Å²) in [6.07, 6.45) is -1.98. The number of alkyl halides is 3. The van der Waals surface area contributed by atoms with E-state index in [4.69, 9.17) is 11.6 Å². The highest BCUT2D eigenvalue weighted by Gasteiger charge is 2.33. The van der Waals surface area contributed by atoms with E-state index in [9.17, 15) is 22.4 Å². The number of aryl methyl sites for hydroxylation is 1. The van der Waals surface area contributed by atoms with Crippen molar-refractivity contribution in [2.24, 2.45) is 0 Å². The molecule has 1 fully saturated rings. The van der Waals surface area contributed by atoms with Gasteiger partial charge in [-0.2, -0.15) is 0 Å². The molecule has 4 heterocycles. The average Bonchev–Trinajstić information content (AvgIpc) is 3.29. The monoisotopic (exact) mass is 608 g/mol. The van der Waals surface area contributed by atoms with Gasteiger partial charge in [0.15, 0.2) is 17.4 Å². The molecule has 1 N–H and O–H groups in total. The Morgan fingerprint density at radius 2 is 1.93 bits per heavy atom. The minimum atomic E-state index is -4.96. The molecule has 0 aliphatic carbocycles. The molecule has 42 heavy (non-hydrogen) atoms. The number of nitrogens with one attached hydrogen (secondary N) is 1. The predicted molar refractivity (Wildman–Crippen MR) is 147 cm³/mol. The molecule has 1 aromatic carbocycles. The number of ether oxygens (including phenoxy) is 1.